The zero-order chi connectivity index (χ0) is 26.3. The van der Waals surface area contributed by atoms with E-state index < -0.39 is 17.8 Å². The van der Waals surface area contributed by atoms with Gasteiger partial charge in [-0.2, -0.15) is 23.4 Å². The highest BCUT2D eigenvalue weighted by atomic mass is 79.9. The van der Waals surface area contributed by atoms with E-state index in [1.165, 1.54) is 6.07 Å². The maximum atomic E-state index is 13.9. The highest BCUT2D eigenvalue weighted by Gasteiger charge is 2.35. The summed E-state index contributed by atoms with van der Waals surface area (Å²) in [6, 6.07) is 15.2. The van der Waals surface area contributed by atoms with Crippen LogP contribution in [0.1, 0.15) is 34.0 Å². The smallest absolute Gasteiger partial charge is 0.351 e. The van der Waals surface area contributed by atoms with E-state index in [1.54, 1.807) is 12.1 Å². The van der Waals surface area contributed by atoms with Crippen LogP contribution in [0.5, 0.6) is 0 Å². The fraction of sp³-hybridized carbons (Fsp3) is 0.231. The molecule has 5 rings (SSSR count). The molecule has 0 saturated carbocycles. The first kappa shape index (κ1) is 24.9. The minimum Gasteiger partial charge on any atom is -0.351 e. The number of nitrogens with zero attached hydrogens (tertiary/aromatic N) is 5. The Hall–Kier alpha value is -3.73. The molecule has 37 heavy (non-hydrogen) atoms. The lowest BCUT2D eigenvalue weighted by molar-refractivity contribution is -0.142. The van der Waals surface area contributed by atoms with Crippen LogP contribution in [0.2, 0.25) is 0 Å². The Morgan fingerprint density at radius 2 is 1.78 bits per heavy atom. The van der Waals surface area contributed by atoms with Crippen LogP contribution in [0, 0.1) is 13.8 Å². The molecule has 5 aromatic rings. The molecule has 7 nitrogen and oxygen atoms in total. The average Bonchev–Trinajstić information content (AvgIpc) is 3.41. The molecule has 3 heterocycles. The molecule has 11 heteroatoms. The summed E-state index contributed by atoms with van der Waals surface area (Å²) in [6.07, 6.45) is -4.10. The Balaban J connectivity index is 1.39. The minimum atomic E-state index is -4.69. The van der Waals surface area contributed by atoms with Crippen molar-refractivity contribution < 1.29 is 18.0 Å². The summed E-state index contributed by atoms with van der Waals surface area (Å²) in [5.41, 5.74) is 1.34. The van der Waals surface area contributed by atoms with E-state index in [9.17, 15) is 18.0 Å². The molecule has 2 aromatic carbocycles. The second-order valence-electron chi connectivity index (χ2n) is 8.70. The van der Waals surface area contributed by atoms with Gasteiger partial charge >= 0.3 is 6.18 Å². The third-order valence-corrected chi connectivity index (χ3v) is 7.27. The Kier molecular flexibility index (Phi) is 6.49. The normalized spacial score (nSPS) is 11.9. The number of nitrogens with one attached hydrogen (secondary N) is 1. The predicted molar refractivity (Wildman–Crippen MR) is 137 cm³/mol. The number of carbonyl (C=O) groups excluding carboxylic acids is 1. The van der Waals surface area contributed by atoms with Crippen molar-refractivity contribution in [1.82, 2.24) is 29.7 Å². The van der Waals surface area contributed by atoms with Gasteiger partial charge in [0.25, 0.3) is 5.91 Å². The summed E-state index contributed by atoms with van der Waals surface area (Å²) in [6.45, 7) is 4.73. The first-order valence-electron chi connectivity index (χ1n) is 11.6. The molecular weight excluding hydrogens is 549 g/mol. The molecule has 0 radical (unpaired) electrons. The van der Waals surface area contributed by atoms with Crippen LogP contribution in [-0.4, -0.2) is 36.8 Å². The van der Waals surface area contributed by atoms with Gasteiger partial charge in [0.05, 0.1) is 15.9 Å². The number of aryl methyl sites for hydroxylation is 2. The van der Waals surface area contributed by atoms with Gasteiger partial charge in [-0.1, -0.05) is 36.4 Å². The second-order valence-corrected chi connectivity index (χ2v) is 9.50. The molecule has 0 aliphatic heterocycles. The number of rotatable bonds is 6. The molecule has 1 amide bonds. The predicted octanol–water partition coefficient (Wildman–Crippen LogP) is 5.96. The minimum absolute atomic E-state index is 0.0596. The van der Waals surface area contributed by atoms with Crippen molar-refractivity contribution in [1.29, 1.82) is 0 Å². The van der Waals surface area contributed by atoms with Crippen molar-refractivity contribution in [2.45, 2.75) is 33.0 Å². The van der Waals surface area contributed by atoms with Gasteiger partial charge in [0, 0.05) is 30.4 Å². The van der Waals surface area contributed by atoms with Gasteiger partial charge in [0.1, 0.15) is 0 Å². The summed E-state index contributed by atoms with van der Waals surface area (Å²) >= 11 is 3.48. The molecule has 190 valence electrons. The van der Waals surface area contributed by atoms with E-state index in [0.717, 1.165) is 32.7 Å². The molecule has 0 saturated heterocycles. The molecule has 1 N–H and O–H groups in total. The van der Waals surface area contributed by atoms with Gasteiger partial charge in [-0.05, 0) is 59.1 Å². The lowest BCUT2D eigenvalue weighted by Gasteiger charge is -2.11. The maximum Gasteiger partial charge on any atom is 0.433 e. The van der Waals surface area contributed by atoms with E-state index in [4.69, 9.17) is 0 Å². The summed E-state index contributed by atoms with van der Waals surface area (Å²) in [7, 11) is 0. The number of halogens is 4. The topological polar surface area (TPSA) is 77.1 Å². The summed E-state index contributed by atoms with van der Waals surface area (Å²) in [5.74, 6) is -0.569. The lowest BCUT2D eigenvalue weighted by Crippen LogP contribution is -2.26. The zero-order valence-corrected chi connectivity index (χ0v) is 21.6. The van der Waals surface area contributed by atoms with Crippen molar-refractivity contribution in [3.8, 4) is 11.3 Å². The van der Waals surface area contributed by atoms with E-state index in [0.29, 0.717) is 29.6 Å². The number of fused-ring (bicyclic) bond motifs is 2. The first-order valence-corrected chi connectivity index (χ1v) is 12.4. The maximum absolute atomic E-state index is 13.9. The molecule has 3 aromatic heterocycles. The van der Waals surface area contributed by atoms with E-state index in [-0.39, 0.29) is 17.0 Å². The third-order valence-electron chi connectivity index (χ3n) is 6.12. The Bertz CT molecular complexity index is 1640. The molecular formula is C26H22BrF3N6O. The van der Waals surface area contributed by atoms with Gasteiger partial charge in [-0.15, -0.1) is 0 Å². The Labute approximate surface area is 218 Å². The number of benzene rings is 2. The average molecular weight is 571 g/mol. The van der Waals surface area contributed by atoms with Crippen LogP contribution in [-0.2, 0) is 12.7 Å². The molecule has 0 bridgehead atoms. The summed E-state index contributed by atoms with van der Waals surface area (Å²) in [5, 5.41) is 12.9. The fourth-order valence-electron chi connectivity index (χ4n) is 4.20. The molecule has 0 unspecified atom stereocenters. The van der Waals surface area contributed by atoms with Gasteiger partial charge in [-0.3, -0.25) is 9.48 Å². The number of carbonyl (C=O) groups is 1. The summed E-state index contributed by atoms with van der Waals surface area (Å²) in [4.78, 5) is 17.1. The third kappa shape index (κ3) is 4.95. The second kappa shape index (κ2) is 9.62. The van der Waals surface area contributed by atoms with Crippen LogP contribution in [0.3, 0.4) is 0 Å². The number of hydrogen-bond acceptors (Lipinski definition) is 4. The molecule has 0 aliphatic rings. The fourth-order valence-corrected chi connectivity index (χ4v) is 4.48. The van der Waals surface area contributed by atoms with Crippen LogP contribution in [0.25, 0.3) is 27.7 Å². The van der Waals surface area contributed by atoms with E-state index >= 15 is 0 Å². The lowest BCUT2D eigenvalue weighted by atomic mass is 10.0. The highest BCUT2D eigenvalue weighted by Crippen LogP contribution is 2.33. The number of hydrogen-bond donors (Lipinski definition) is 1. The van der Waals surface area contributed by atoms with Gasteiger partial charge in [0.15, 0.2) is 17.0 Å². The highest BCUT2D eigenvalue weighted by molar-refractivity contribution is 9.10. The largest absolute Gasteiger partial charge is 0.433 e. The van der Waals surface area contributed by atoms with Crippen molar-refractivity contribution in [3.63, 3.8) is 0 Å². The molecule has 0 spiro atoms. The van der Waals surface area contributed by atoms with E-state index in [1.807, 2.05) is 48.9 Å². The van der Waals surface area contributed by atoms with Crippen LogP contribution in [0.15, 0.2) is 59.1 Å². The van der Waals surface area contributed by atoms with Gasteiger partial charge < -0.3 is 5.32 Å². The Morgan fingerprint density at radius 3 is 2.49 bits per heavy atom. The summed E-state index contributed by atoms with van der Waals surface area (Å²) < 4.78 is 45.3. The number of aromatic nitrogens is 5. The van der Waals surface area contributed by atoms with Crippen molar-refractivity contribution >= 4 is 38.3 Å². The van der Waals surface area contributed by atoms with E-state index in [2.05, 4.69) is 36.4 Å². The van der Waals surface area contributed by atoms with Gasteiger partial charge in [-0.25, -0.2) is 9.50 Å². The van der Waals surface area contributed by atoms with Crippen molar-refractivity contribution in [2.24, 2.45) is 0 Å². The molecule has 0 fully saturated rings. The quantitative estimate of drug-likeness (QED) is 0.255. The van der Waals surface area contributed by atoms with Crippen molar-refractivity contribution in [2.75, 3.05) is 6.54 Å². The Morgan fingerprint density at radius 1 is 1.03 bits per heavy atom. The monoisotopic (exact) mass is 570 g/mol. The first-order chi connectivity index (χ1) is 17.6. The zero-order valence-electron chi connectivity index (χ0n) is 20.0. The number of amides is 1. The van der Waals surface area contributed by atoms with Crippen LogP contribution >= 0.6 is 15.9 Å². The number of alkyl halides is 3. The molecule has 0 aliphatic carbocycles. The standard InChI is InChI=1S/C26H22BrF3N6O/c1-15-24(27)16(2)35(33-15)11-5-10-31-25(37)21-14-23-32-20(13-22(26(28,29)30)36(23)34-21)19-9-8-17-6-3-4-7-18(17)12-19/h3-4,6-9,12-14H,5,10-11H2,1-2H3,(H,31,37). The molecule has 0 atom stereocenters. The van der Waals surface area contributed by atoms with Crippen LogP contribution in [0.4, 0.5) is 13.2 Å². The van der Waals surface area contributed by atoms with Crippen molar-refractivity contribution in [3.05, 3.63) is 81.8 Å². The SMILES string of the molecule is Cc1nn(CCCNC(=O)c2cc3nc(-c4ccc5ccccc5c4)cc(C(F)(F)F)n3n2)c(C)c1Br. The van der Waals surface area contributed by atoms with Crippen LogP contribution < -0.4 is 5.32 Å². The van der Waals surface area contributed by atoms with Gasteiger partial charge in [0.2, 0.25) is 0 Å².